The summed E-state index contributed by atoms with van der Waals surface area (Å²) < 4.78 is 5.74. The lowest BCUT2D eigenvalue weighted by Gasteiger charge is -2.26. The van der Waals surface area contributed by atoms with Gasteiger partial charge in [0.2, 0.25) is 0 Å². The minimum absolute atomic E-state index is 0.112. The van der Waals surface area contributed by atoms with Gasteiger partial charge in [-0.1, -0.05) is 0 Å². The average molecular weight is 184 g/mol. The topological polar surface area (TPSA) is 46.5 Å². The summed E-state index contributed by atoms with van der Waals surface area (Å²) in [6.45, 7) is 0. The van der Waals surface area contributed by atoms with Crippen LogP contribution in [0.5, 0.6) is 0 Å². The Kier molecular flexibility index (Phi) is 2.54. The summed E-state index contributed by atoms with van der Waals surface area (Å²) in [5.41, 5.74) is 0. The molecule has 0 atom stereocenters. The molecule has 2 aliphatic carbocycles. The Bertz CT molecular complexity index is 190. The second kappa shape index (κ2) is 3.66. The van der Waals surface area contributed by atoms with Gasteiger partial charge in [0.25, 0.3) is 0 Å². The number of carboxylic acids is 1. The molecule has 0 heterocycles. The van der Waals surface area contributed by atoms with Crippen molar-refractivity contribution >= 4 is 5.97 Å². The zero-order valence-corrected chi connectivity index (χ0v) is 7.74. The van der Waals surface area contributed by atoms with Crippen molar-refractivity contribution in [2.75, 3.05) is 0 Å². The van der Waals surface area contributed by atoms with Crippen LogP contribution in [0.3, 0.4) is 0 Å². The van der Waals surface area contributed by atoms with Gasteiger partial charge >= 0.3 is 5.97 Å². The maximum atomic E-state index is 10.7. The van der Waals surface area contributed by atoms with Gasteiger partial charge < -0.3 is 9.84 Å². The summed E-state index contributed by atoms with van der Waals surface area (Å²) in [5, 5.41) is 8.78. The molecule has 2 rings (SSSR count). The van der Waals surface area contributed by atoms with Crippen molar-refractivity contribution in [3.05, 3.63) is 0 Å². The summed E-state index contributed by atoms with van der Waals surface area (Å²) in [6.07, 6.45) is 6.74. The van der Waals surface area contributed by atoms with E-state index in [0.717, 1.165) is 25.7 Å². The Hall–Kier alpha value is -0.570. The van der Waals surface area contributed by atoms with Crippen molar-refractivity contribution in [2.24, 2.45) is 5.92 Å². The van der Waals surface area contributed by atoms with Gasteiger partial charge in [0.05, 0.1) is 18.1 Å². The largest absolute Gasteiger partial charge is 0.481 e. The van der Waals surface area contributed by atoms with Crippen LogP contribution in [0.2, 0.25) is 0 Å². The number of hydrogen-bond donors (Lipinski definition) is 1. The number of ether oxygens (including phenoxy) is 1. The minimum atomic E-state index is -0.634. The van der Waals surface area contributed by atoms with E-state index >= 15 is 0 Å². The molecule has 0 bridgehead atoms. The maximum absolute atomic E-state index is 10.7. The predicted octanol–water partition coefficient (Wildman–Crippen LogP) is 1.81. The Morgan fingerprint density at radius 3 is 1.85 bits per heavy atom. The number of rotatable bonds is 3. The van der Waals surface area contributed by atoms with Crippen molar-refractivity contribution < 1.29 is 14.6 Å². The molecule has 3 nitrogen and oxygen atoms in total. The molecule has 3 heteroatoms. The monoisotopic (exact) mass is 184 g/mol. The van der Waals surface area contributed by atoms with Crippen LogP contribution in [-0.4, -0.2) is 23.3 Å². The van der Waals surface area contributed by atoms with Crippen molar-refractivity contribution in [3.8, 4) is 0 Å². The van der Waals surface area contributed by atoms with Gasteiger partial charge in [0.15, 0.2) is 0 Å². The van der Waals surface area contributed by atoms with Crippen molar-refractivity contribution in [2.45, 2.75) is 50.7 Å². The Balaban J connectivity index is 1.71. The molecule has 0 amide bonds. The Morgan fingerprint density at radius 1 is 1.00 bits per heavy atom. The van der Waals surface area contributed by atoms with Crippen LogP contribution in [-0.2, 0) is 9.53 Å². The van der Waals surface area contributed by atoms with Crippen molar-refractivity contribution in [1.82, 2.24) is 0 Å². The van der Waals surface area contributed by atoms with Gasteiger partial charge in [-0.15, -0.1) is 0 Å². The fourth-order valence-electron chi connectivity index (χ4n) is 1.92. The molecule has 1 N–H and O–H groups in total. The van der Waals surface area contributed by atoms with E-state index in [9.17, 15) is 4.79 Å². The van der Waals surface area contributed by atoms with Gasteiger partial charge in [0, 0.05) is 0 Å². The minimum Gasteiger partial charge on any atom is -0.481 e. The third-order valence-electron chi connectivity index (χ3n) is 2.93. The summed E-state index contributed by atoms with van der Waals surface area (Å²) in [6, 6.07) is 0. The molecule has 0 unspecified atom stereocenters. The molecule has 0 aromatic carbocycles. The molecule has 13 heavy (non-hydrogen) atoms. The first kappa shape index (κ1) is 9.00. The van der Waals surface area contributed by atoms with E-state index in [4.69, 9.17) is 9.84 Å². The molecule has 2 aliphatic rings. The van der Waals surface area contributed by atoms with Gasteiger partial charge in [-0.25, -0.2) is 0 Å². The molecule has 0 aliphatic heterocycles. The number of aliphatic carboxylic acids is 1. The van der Waals surface area contributed by atoms with Crippen LogP contribution >= 0.6 is 0 Å². The zero-order chi connectivity index (χ0) is 9.26. The van der Waals surface area contributed by atoms with Gasteiger partial charge in [-0.05, 0) is 38.5 Å². The highest BCUT2D eigenvalue weighted by atomic mass is 16.5. The molecular formula is C10H16O3. The van der Waals surface area contributed by atoms with E-state index in [1.54, 1.807) is 0 Å². The van der Waals surface area contributed by atoms with E-state index in [0.29, 0.717) is 12.2 Å². The fourth-order valence-corrected chi connectivity index (χ4v) is 1.92. The predicted molar refractivity (Wildman–Crippen MR) is 47.5 cm³/mol. The lowest BCUT2D eigenvalue weighted by atomic mass is 9.87. The highest BCUT2D eigenvalue weighted by Crippen LogP contribution is 2.32. The van der Waals surface area contributed by atoms with E-state index in [1.165, 1.54) is 12.8 Å². The summed E-state index contributed by atoms with van der Waals surface area (Å²) >= 11 is 0. The molecule has 2 saturated carbocycles. The third-order valence-corrected chi connectivity index (χ3v) is 2.93. The maximum Gasteiger partial charge on any atom is 0.306 e. The highest BCUT2D eigenvalue weighted by Gasteiger charge is 2.31. The highest BCUT2D eigenvalue weighted by molar-refractivity contribution is 5.70. The molecule has 74 valence electrons. The summed E-state index contributed by atoms with van der Waals surface area (Å²) in [5.74, 6) is -0.746. The first-order valence-electron chi connectivity index (χ1n) is 5.14. The van der Waals surface area contributed by atoms with Crippen LogP contribution < -0.4 is 0 Å². The van der Waals surface area contributed by atoms with Gasteiger partial charge in [0.1, 0.15) is 0 Å². The quantitative estimate of drug-likeness (QED) is 0.727. The van der Waals surface area contributed by atoms with E-state index in [-0.39, 0.29) is 5.92 Å². The molecule has 0 aromatic heterocycles. The molecular weight excluding hydrogens is 168 g/mol. The standard InChI is InChI=1S/C10H16O3/c11-10(12)7-1-3-8(4-2-7)13-9-5-6-9/h7-9H,1-6H2,(H,11,12). The molecule has 0 aromatic rings. The molecule has 0 radical (unpaired) electrons. The van der Waals surface area contributed by atoms with Crippen LogP contribution in [0, 0.1) is 5.92 Å². The summed E-state index contributed by atoms with van der Waals surface area (Å²) in [4.78, 5) is 10.7. The lowest BCUT2D eigenvalue weighted by molar-refractivity contribution is -0.143. The molecule has 2 fully saturated rings. The summed E-state index contributed by atoms with van der Waals surface area (Å²) in [7, 11) is 0. The van der Waals surface area contributed by atoms with Crippen molar-refractivity contribution in [1.29, 1.82) is 0 Å². The van der Waals surface area contributed by atoms with Crippen LogP contribution in [0.15, 0.2) is 0 Å². The first-order valence-corrected chi connectivity index (χ1v) is 5.14. The van der Waals surface area contributed by atoms with Gasteiger partial charge in [-0.2, -0.15) is 0 Å². The Labute approximate surface area is 78.1 Å². The van der Waals surface area contributed by atoms with E-state index in [1.807, 2.05) is 0 Å². The van der Waals surface area contributed by atoms with Crippen LogP contribution in [0.4, 0.5) is 0 Å². The third kappa shape index (κ3) is 2.44. The second-order valence-corrected chi connectivity index (χ2v) is 4.15. The molecule has 0 spiro atoms. The fraction of sp³-hybridized carbons (Fsp3) is 0.900. The van der Waals surface area contributed by atoms with E-state index in [2.05, 4.69) is 0 Å². The second-order valence-electron chi connectivity index (χ2n) is 4.15. The molecule has 0 saturated heterocycles. The number of hydrogen-bond acceptors (Lipinski definition) is 2. The van der Waals surface area contributed by atoms with Crippen LogP contribution in [0.25, 0.3) is 0 Å². The SMILES string of the molecule is O=C(O)C1CCC(OC2CC2)CC1. The normalized spacial score (nSPS) is 34.5. The average Bonchev–Trinajstić information content (AvgIpc) is 2.89. The first-order chi connectivity index (χ1) is 6.25. The zero-order valence-electron chi connectivity index (χ0n) is 7.74. The Morgan fingerprint density at radius 2 is 1.46 bits per heavy atom. The van der Waals surface area contributed by atoms with E-state index < -0.39 is 5.97 Å². The van der Waals surface area contributed by atoms with Crippen LogP contribution in [0.1, 0.15) is 38.5 Å². The number of carboxylic acid groups (broad SMARTS) is 1. The lowest BCUT2D eigenvalue weighted by Crippen LogP contribution is -2.26. The number of carbonyl (C=O) groups is 1. The van der Waals surface area contributed by atoms with Crippen molar-refractivity contribution in [3.63, 3.8) is 0 Å². The smallest absolute Gasteiger partial charge is 0.306 e. The van der Waals surface area contributed by atoms with Gasteiger partial charge in [-0.3, -0.25) is 4.79 Å².